The third kappa shape index (κ3) is 6.85. The van der Waals surface area contributed by atoms with E-state index in [1.165, 1.54) is 0 Å². The van der Waals surface area contributed by atoms with Crippen molar-refractivity contribution in [2.45, 2.75) is 57.4 Å². The molecule has 0 unspecified atom stereocenters. The number of nitrogens with one attached hydrogen (secondary N) is 1. The number of nitrogens with zero attached hydrogens (tertiary/aromatic N) is 2. The van der Waals surface area contributed by atoms with Gasteiger partial charge in [0, 0.05) is 19.1 Å². The minimum Gasteiger partial charge on any atom is -0.444 e. The first-order chi connectivity index (χ1) is 12.6. The molecule has 1 fully saturated rings. The summed E-state index contributed by atoms with van der Waals surface area (Å²) in [5.41, 5.74) is 0.502. The molecule has 8 heteroatoms. The normalized spacial score (nSPS) is 18.0. The number of ether oxygens (including phenoxy) is 1. The van der Waals surface area contributed by atoms with Crippen LogP contribution in [0.2, 0.25) is 0 Å². The predicted molar refractivity (Wildman–Crippen MR) is 102 cm³/mol. The van der Waals surface area contributed by atoms with E-state index in [-0.39, 0.29) is 18.3 Å². The van der Waals surface area contributed by atoms with E-state index in [0.717, 1.165) is 19.3 Å². The molecule has 148 valence electrons. The standard InChI is InChI=1S/C19H27N3O4S/c1-19(2,3)26-18(23)22-11-5-4-6-17(22)13-21-27(24,25)14-16-9-7-15(12-20)8-10-16/h7-10,17,21H,4-6,11,13-14H2,1-3H3/t17-/m1/s1. The van der Waals surface area contributed by atoms with Crippen LogP contribution >= 0.6 is 0 Å². The molecular formula is C19H27N3O4S. The molecule has 2 rings (SSSR count). The second-order valence-corrected chi connectivity index (χ2v) is 9.55. The first-order valence-corrected chi connectivity index (χ1v) is 10.7. The third-order valence-corrected chi connectivity index (χ3v) is 5.55. The van der Waals surface area contributed by atoms with Gasteiger partial charge in [-0.25, -0.2) is 17.9 Å². The predicted octanol–water partition coefficient (Wildman–Crippen LogP) is 2.77. The summed E-state index contributed by atoms with van der Waals surface area (Å²) < 4.78 is 32.8. The van der Waals surface area contributed by atoms with Crippen molar-refractivity contribution in [2.24, 2.45) is 0 Å². The van der Waals surface area contributed by atoms with E-state index in [1.807, 2.05) is 26.8 Å². The third-order valence-electron chi connectivity index (χ3n) is 4.23. The Morgan fingerprint density at radius 1 is 1.30 bits per heavy atom. The van der Waals surface area contributed by atoms with Crippen LogP contribution < -0.4 is 4.72 Å². The molecule has 1 aliphatic heterocycles. The van der Waals surface area contributed by atoms with Gasteiger partial charge in [0.15, 0.2) is 0 Å². The maximum Gasteiger partial charge on any atom is 0.410 e. The Labute approximate surface area is 161 Å². The van der Waals surface area contributed by atoms with E-state index >= 15 is 0 Å². The molecular weight excluding hydrogens is 366 g/mol. The summed E-state index contributed by atoms with van der Waals surface area (Å²) in [6.45, 7) is 6.16. The topological polar surface area (TPSA) is 99.5 Å². The highest BCUT2D eigenvalue weighted by Crippen LogP contribution is 2.20. The van der Waals surface area contributed by atoms with Crippen LogP contribution in [0.3, 0.4) is 0 Å². The molecule has 0 bridgehead atoms. The van der Waals surface area contributed by atoms with Gasteiger partial charge in [-0.3, -0.25) is 0 Å². The fourth-order valence-corrected chi connectivity index (χ4v) is 4.12. The van der Waals surface area contributed by atoms with Crippen LogP contribution in [0.1, 0.15) is 51.2 Å². The van der Waals surface area contributed by atoms with Crippen LogP contribution in [0.4, 0.5) is 4.79 Å². The minimum atomic E-state index is -3.55. The molecule has 1 heterocycles. The molecule has 1 N–H and O–H groups in total. The smallest absolute Gasteiger partial charge is 0.410 e. The second kappa shape index (κ2) is 8.72. The molecule has 7 nitrogen and oxygen atoms in total. The number of benzene rings is 1. The van der Waals surface area contributed by atoms with Gasteiger partial charge in [-0.1, -0.05) is 12.1 Å². The second-order valence-electron chi connectivity index (χ2n) is 7.74. The number of carbonyl (C=O) groups excluding carboxylic acids is 1. The molecule has 0 saturated carbocycles. The van der Waals surface area contributed by atoms with Crippen molar-refractivity contribution < 1.29 is 17.9 Å². The van der Waals surface area contributed by atoms with Crippen LogP contribution in [0.15, 0.2) is 24.3 Å². The number of rotatable bonds is 5. The maximum absolute atomic E-state index is 12.4. The minimum absolute atomic E-state index is 0.165. The molecule has 1 aromatic rings. The Balaban J connectivity index is 1.97. The van der Waals surface area contributed by atoms with Gasteiger partial charge in [-0.2, -0.15) is 5.26 Å². The number of nitriles is 1. The Hall–Kier alpha value is -2.11. The number of piperidine rings is 1. The lowest BCUT2D eigenvalue weighted by Gasteiger charge is -2.36. The van der Waals surface area contributed by atoms with Crippen molar-refractivity contribution in [1.82, 2.24) is 9.62 Å². The van der Waals surface area contributed by atoms with Crippen LogP contribution in [0.5, 0.6) is 0 Å². The van der Waals surface area contributed by atoms with Crippen molar-refractivity contribution in [3.05, 3.63) is 35.4 Å². The first-order valence-electron chi connectivity index (χ1n) is 9.06. The average molecular weight is 394 g/mol. The van der Waals surface area contributed by atoms with Crippen LogP contribution in [-0.4, -0.2) is 44.1 Å². The number of carbonyl (C=O) groups is 1. The van der Waals surface area contributed by atoms with Gasteiger partial charge in [0.05, 0.1) is 17.4 Å². The lowest BCUT2D eigenvalue weighted by atomic mass is 10.0. The molecule has 1 amide bonds. The van der Waals surface area contributed by atoms with Gasteiger partial charge in [-0.05, 0) is 57.7 Å². The van der Waals surface area contributed by atoms with Crippen molar-refractivity contribution in [3.63, 3.8) is 0 Å². The number of hydrogen-bond acceptors (Lipinski definition) is 5. The summed E-state index contributed by atoms with van der Waals surface area (Å²) in [5, 5.41) is 8.81. The van der Waals surface area contributed by atoms with E-state index < -0.39 is 21.7 Å². The molecule has 1 atom stereocenters. The Kier molecular flexibility index (Phi) is 6.84. The van der Waals surface area contributed by atoms with Gasteiger partial charge in [0.1, 0.15) is 5.60 Å². The molecule has 1 aliphatic rings. The summed E-state index contributed by atoms with van der Waals surface area (Å²) in [6.07, 6.45) is 2.16. The van der Waals surface area contributed by atoms with E-state index in [2.05, 4.69) is 4.72 Å². The van der Waals surface area contributed by atoms with E-state index in [4.69, 9.17) is 10.00 Å². The zero-order valence-corrected chi connectivity index (χ0v) is 16.9. The van der Waals surface area contributed by atoms with Crippen molar-refractivity contribution in [2.75, 3.05) is 13.1 Å². The molecule has 27 heavy (non-hydrogen) atoms. The fraction of sp³-hybridized carbons (Fsp3) is 0.579. The van der Waals surface area contributed by atoms with E-state index in [9.17, 15) is 13.2 Å². The number of sulfonamides is 1. The highest BCUT2D eigenvalue weighted by Gasteiger charge is 2.31. The van der Waals surface area contributed by atoms with E-state index in [0.29, 0.717) is 17.7 Å². The maximum atomic E-state index is 12.4. The molecule has 0 aromatic heterocycles. The number of likely N-dealkylation sites (tertiary alicyclic amines) is 1. The Morgan fingerprint density at radius 3 is 2.56 bits per heavy atom. The lowest BCUT2D eigenvalue weighted by Crippen LogP contribution is -2.50. The fourth-order valence-electron chi connectivity index (χ4n) is 2.94. The highest BCUT2D eigenvalue weighted by atomic mass is 32.2. The first kappa shape index (κ1) is 21.2. The van der Waals surface area contributed by atoms with Gasteiger partial charge in [0.2, 0.25) is 10.0 Å². The largest absolute Gasteiger partial charge is 0.444 e. The van der Waals surface area contributed by atoms with Crippen LogP contribution in [-0.2, 0) is 20.5 Å². The lowest BCUT2D eigenvalue weighted by molar-refractivity contribution is 0.0105. The Morgan fingerprint density at radius 2 is 1.96 bits per heavy atom. The van der Waals surface area contributed by atoms with Crippen molar-refractivity contribution in [3.8, 4) is 6.07 Å². The summed E-state index contributed by atoms with van der Waals surface area (Å²) in [6, 6.07) is 8.23. The zero-order valence-electron chi connectivity index (χ0n) is 16.1. The average Bonchev–Trinajstić information content (AvgIpc) is 2.59. The molecule has 1 saturated heterocycles. The van der Waals surface area contributed by atoms with Crippen molar-refractivity contribution in [1.29, 1.82) is 5.26 Å². The molecule has 1 aromatic carbocycles. The van der Waals surface area contributed by atoms with Crippen LogP contribution in [0.25, 0.3) is 0 Å². The molecule has 0 radical (unpaired) electrons. The van der Waals surface area contributed by atoms with Crippen molar-refractivity contribution >= 4 is 16.1 Å². The van der Waals surface area contributed by atoms with Gasteiger partial charge < -0.3 is 9.64 Å². The zero-order chi connectivity index (χ0) is 20.1. The summed E-state index contributed by atoms with van der Waals surface area (Å²) in [7, 11) is -3.55. The molecule has 0 aliphatic carbocycles. The highest BCUT2D eigenvalue weighted by molar-refractivity contribution is 7.88. The van der Waals surface area contributed by atoms with Gasteiger partial charge in [0.25, 0.3) is 0 Å². The van der Waals surface area contributed by atoms with Gasteiger partial charge in [-0.15, -0.1) is 0 Å². The summed E-state index contributed by atoms with van der Waals surface area (Å²) in [5.74, 6) is -0.169. The van der Waals surface area contributed by atoms with E-state index in [1.54, 1.807) is 29.2 Å². The summed E-state index contributed by atoms with van der Waals surface area (Å²) in [4.78, 5) is 14.0. The van der Waals surface area contributed by atoms with Gasteiger partial charge >= 0.3 is 6.09 Å². The monoisotopic (exact) mass is 393 g/mol. The SMILES string of the molecule is CC(C)(C)OC(=O)N1CCCC[C@@H]1CNS(=O)(=O)Cc1ccc(C#N)cc1. The summed E-state index contributed by atoms with van der Waals surface area (Å²) >= 11 is 0. The quantitative estimate of drug-likeness (QED) is 0.829. The Bertz CT molecular complexity index is 792. The molecule has 0 spiro atoms. The van der Waals surface area contributed by atoms with Crippen LogP contribution in [0, 0.1) is 11.3 Å². The number of hydrogen-bond donors (Lipinski definition) is 1. The number of amides is 1.